The second-order valence-corrected chi connectivity index (χ2v) is 7.05. The van der Waals surface area contributed by atoms with Crippen molar-refractivity contribution in [2.45, 2.75) is 43.9 Å². The quantitative estimate of drug-likeness (QED) is 0.929. The molecular formula is C19H24N2O. The van der Waals surface area contributed by atoms with Crippen LogP contribution >= 0.6 is 0 Å². The van der Waals surface area contributed by atoms with E-state index in [-0.39, 0.29) is 0 Å². The Balaban J connectivity index is 1.47. The van der Waals surface area contributed by atoms with Crippen molar-refractivity contribution in [3.8, 4) is 0 Å². The zero-order valence-electron chi connectivity index (χ0n) is 13.1. The van der Waals surface area contributed by atoms with E-state index in [9.17, 15) is 4.79 Å². The Morgan fingerprint density at radius 1 is 1.18 bits per heavy atom. The number of nitrogens with zero attached hydrogens (tertiary/aromatic N) is 1. The first-order valence-electron chi connectivity index (χ1n) is 8.44. The molecule has 5 atom stereocenters. The van der Waals surface area contributed by atoms with E-state index in [0.717, 1.165) is 13.0 Å². The highest BCUT2D eigenvalue weighted by Gasteiger charge is 2.53. The molecular weight excluding hydrogens is 272 g/mol. The molecule has 1 saturated carbocycles. The maximum Gasteiger partial charge on any atom is 0.155 e. The van der Waals surface area contributed by atoms with E-state index in [1.807, 2.05) is 0 Å². The summed E-state index contributed by atoms with van der Waals surface area (Å²) in [5.74, 6) is 1.53. The van der Waals surface area contributed by atoms with Crippen molar-refractivity contribution in [3.63, 3.8) is 0 Å². The Kier molecular flexibility index (Phi) is 3.63. The summed E-state index contributed by atoms with van der Waals surface area (Å²) >= 11 is 0. The van der Waals surface area contributed by atoms with Crippen LogP contribution in [0.25, 0.3) is 0 Å². The van der Waals surface area contributed by atoms with Gasteiger partial charge >= 0.3 is 0 Å². The predicted octanol–water partition coefficient (Wildman–Crippen LogP) is 2.38. The molecule has 1 aromatic carbocycles. The maximum atomic E-state index is 11.8. The van der Waals surface area contributed by atoms with Crippen LogP contribution in [0.4, 0.5) is 0 Å². The molecule has 2 fully saturated rings. The number of benzene rings is 1. The van der Waals surface area contributed by atoms with Gasteiger partial charge in [-0.2, -0.15) is 0 Å². The summed E-state index contributed by atoms with van der Waals surface area (Å²) in [6, 6.07) is 12.2. The van der Waals surface area contributed by atoms with Crippen LogP contribution in [-0.4, -0.2) is 35.9 Å². The van der Waals surface area contributed by atoms with Crippen molar-refractivity contribution in [2.24, 2.45) is 11.8 Å². The van der Waals surface area contributed by atoms with E-state index >= 15 is 0 Å². The smallest absolute Gasteiger partial charge is 0.155 e. The lowest BCUT2D eigenvalue weighted by molar-refractivity contribution is -0.116. The van der Waals surface area contributed by atoms with Crippen LogP contribution in [0.15, 0.2) is 42.5 Å². The van der Waals surface area contributed by atoms with Crippen LogP contribution in [0.3, 0.4) is 0 Å². The van der Waals surface area contributed by atoms with Gasteiger partial charge in [0.25, 0.3) is 0 Å². The molecule has 3 nitrogen and oxygen atoms in total. The topological polar surface area (TPSA) is 32.3 Å². The van der Waals surface area contributed by atoms with E-state index in [4.69, 9.17) is 0 Å². The van der Waals surface area contributed by atoms with E-state index < -0.39 is 0 Å². The van der Waals surface area contributed by atoms with Gasteiger partial charge in [0, 0.05) is 31.1 Å². The monoisotopic (exact) mass is 296 g/mol. The molecule has 4 rings (SSSR count). The highest BCUT2D eigenvalue weighted by Crippen LogP contribution is 2.47. The van der Waals surface area contributed by atoms with E-state index in [1.54, 1.807) is 6.08 Å². The highest BCUT2D eigenvalue weighted by atomic mass is 16.1. The third kappa shape index (κ3) is 2.33. The molecule has 3 aliphatic rings. The summed E-state index contributed by atoms with van der Waals surface area (Å²) in [6.07, 6.45) is 7.17. The molecule has 116 valence electrons. The number of likely N-dealkylation sites (tertiary alicyclic amines) is 1. The first-order chi connectivity index (χ1) is 10.7. The fourth-order valence-electron chi connectivity index (χ4n) is 4.94. The van der Waals surface area contributed by atoms with E-state index in [1.165, 1.54) is 18.4 Å². The minimum absolute atomic E-state index is 0.316. The van der Waals surface area contributed by atoms with Crippen molar-refractivity contribution in [1.82, 2.24) is 10.2 Å². The molecule has 3 heteroatoms. The van der Waals surface area contributed by atoms with Crippen molar-refractivity contribution in [1.29, 1.82) is 0 Å². The number of carbonyl (C=O) groups excluding carboxylic acids is 1. The average Bonchev–Trinajstić information content (AvgIpc) is 3.07. The molecule has 2 aliphatic carbocycles. The van der Waals surface area contributed by atoms with Crippen LogP contribution in [-0.2, 0) is 11.3 Å². The number of hydrogen-bond acceptors (Lipinski definition) is 3. The minimum Gasteiger partial charge on any atom is -0.308 e. The van der Waals surface area contributed by atoms with Gasteiger partial charge in [-0.1, -0.05) is 36.4 Å². The van der Waals surface area contributed by atoms with Crippen LogP contribution in [0.1, 0.15) is 24.8 Å². The summed E-state index contributed by atoms with van der Waals surface area (Å²) in [5.41, 5.74) is 1.35. The molecule has 22 heavy (non-hydrogen) atoms. The lowest BCUT2D eigenvalue weighted by Crippen LogP contribution is -2.45. The number of likely N-dealkylation sites (N-methyl/N-ethyl adjacent to an activating group) is 1. The van der Waals surface area contributed by atoms with Crippen LogP contribution in [0, 0.1) is 11.8 Å². The molecule has 0 radical (unpaired) electrons. The van der Waals surface area contributed by atoms with Gasteiger partial charge in [-0.15, -0.1) is 0 Å². The first kappa shape index (κ1) is 14.2. The number of hydrogen-bond donors (Lipinski definition) is 1. The van der Waals surface area contributed by atoms with Gasteiger partial charge < -0.3 is 5.32 Å². The zero-order chi connectivity index (χ0) is 15.1. The third-order valence-corrected chi connectivity index (χ3v) is 5.92. The molecule has 0 aromatic heterocycles. The van der Waals surface area contributed by atoms with E-state index in [2.05, 4.69) is 53.7 Å². The molecule has 1 aliphatic heterocycles. The van der Waals surface area contributed by atoms with Gasteiger partial charge in [-0.3, -0.25) is 9.69 Å². The summed E-state index contributed by atoms with van der Waals surface area (Å²) in [7, 11) is 2.24. The minimum atomic E-state index is 0.316. The van der Waals surface area contributed by atoms with Crippen molar-refractivity contribution in [2.75, 3.05) is 7.05 Å². The highest BCUT2D eigenvalue weighted by molar-refractivity contribution is 5.91. The zero-order valence-corrected chi connectivity index (χ0v) is 13.1. The SMILES string of the molecule is CN1C2C=CC(=O)CC2C2CCC(NCc3ccccc3)C21. The Labute approximate surface area is 132 Å². The lowest BCUT2D eigenvalue weighted by atomic mass is 9.81. The van der Waals surface area contributed by atoms with E-state index in [0.29, 0.717) is 35.7 Å². The first-order valence-corrected chi connectivity index (χ1v) is 8.44. The molecule has 0 bridgehead atoms. The number of fused-ring (bicyclic) bond motifs is 3. The predicted molar refractivity (Wildman–Crippen MR) is 87.4 cm³/mol. The second kappa shape index (κ2) is 5.64. The van der Waals surface area contributed by atoms with Crippen molar-refractivity contribution in [3.05, 3.63) is 48.0 Å². The number of nitrogens with one attached hydrogen (secondary N) is 1. The molecule has 1 heterocycles. The molecule has 0 amide bonds. The molecule has 1 saturated heterocycles. The van der Waals surface area contributed by atoms with Crippen LogP contribution in [0.2, 0.25) is 0 Å². The average molecular weight is 296 g/mol. The van der Waals surface area contributed by atoms with Gasteiger partial charge in [-0.25, -0.2) is 0 Å². The molecule has 1 N–H and O–H groups in total. The van der Waals surface area contributed by atoms with Crippen LogP contribution < -0.4 is 5.32 Å². The number of carbonyl (C=O) groups is 1. The number of ketones is 1. The Hall–Kier alpha value is -1.45. The van der Waals surface area contributed by atoms with Gasteiger partial charge in [0.2, 0.25) is 0 Å². The van der Waals surface area contributed by atoms with Crippen LogP contribution in [0.5, 0.6) is 0 Å². The summed E-state index contributed by atoms with van der Waals surface area (Å²) < 4.78 is 0. The maximum absolute atomic E-state index is 11.8. The van der Waals surface area contributed by atoms with Gasteiger partial charge in [0.05, 0.1) is 0 Å². The Morgan fingerprint density at radius 2 is 2.00 bits per heavy atom. The third-order valence-electron chi connectivity index (χ3n) is 5.92. The summed E-state index contributed by atoms with van der Waals surface area (Å²) in [6.45, 7) is 0.937. The van der Waals surface area contributed by atoms with Crippen molar-refractivity contribution >= 4 is 5.78 Å². The molecule has 0 spiro atoms. The molecule has 5 unspecified atom stereocenters. The van der Waals surface area contributed by atoms with Crippen molar-refractivity contribution < 1.29 is 4.79 Å². The normalized spacial score (nSPS) is 37.3. The standard InChI is InChI=1S/C19H24N2O/c1-21-18-10-7-14(22)11-16(18)15-8-9-17(19(15)21)20-12-13-5-3-2-4-6-13/h2-7,10,15-20H,8-9,11-12H2,1H3. The number of allylic oxidation sites excluding steroid dienone is 1. The van der Waals surface area contributed by atoms with Gasteiger partial charge in [-0.05, 0) is 43.4 Å². The lowest BCUT2D eigenvalue weighted by Gasteiger charge is -2.30. The second-order valence-electron chi connectivity index (χ2n) is 7.05. The number of rotatable bonds is 3. The largest absolute Gasteiger partial charge is 0.308 e. The fraction of sp³-hybridized carbons (Fsp3) is 0.526. The fourth-order valence-corrected chi connectivity index (χ4v) is 4.94. The molecule has 1 aromatic rings. The Morgan fingerprint density at radius 3 is 2.82 bits per heavy atom. The van der Waals surface area contributed by atoms with Gasteiger partial charge in [0.15, 0.2) is 5.78 Å². The summed E-state index contributed by atoms with van der Waals surface area (Å²) in [4.78, 5) is 14.3. The Bertz CT molecular complexity index is 582. The van der Waals surface area contributed by atoms with Gasteiger partial charge in [0.1, 0.15) is 0 Å². The summed E-state index contributed by atoms with van der Waals surface area (Å²) in [5, 5.41) is 3.77.